The van der Waals surface area contributed by atoms with Gasteiger partial charge < -0.3 is 9.73 Å². The Bertz CT molecular complexity index is 660. The molecule has 126 valence electrons. The standard InChI is InChI=1S/C20H29NO2/c1-3-4-5-6-7-8-9-10-13-21-17-11-12-18-16(2)14-20(22)23-19(18)15-17/h11-12,14-15,21H,3-10,13H2,1-2H3. The fourth-order valence-electron chi connectivity index (χ4n) is 2.93. The molecule has 0 fully saturated rings. The second-order valence-electron chi connectivity index (χ2n) is 6.36. The van der Waals surface area contributed by atoms with Crippen LogP contribution in [0.2, 0.25) is 0 Å². The van der Waals surface area contributed by atoms with Crippen LogP contribution in [-0.2, 0) is 0 Å². The zero-order valence-corrected chi connectivity index (χ0v) is 14.5. The zero-order valence-electron chi connectivity index (χ0n) is 14.5. The largest absolute Gasteiger partial charge is 0.423 e. The molecule has 3 heteroatoms. The minimum atomic E-state index is -0.282. The van der Waals surface area contributed by atoms with Crippen molar-refractivity contribution in [1.29, 1.82) is 0 Å². The molecule has 0 atom stereocenters. The van der Waals surface area contributed by atoms with Gasteiger partial charge in [-0.2, -0.15) is 0 Å². The topological polar surface area (TPSA) is 42.2 Å². The summed E-state index contributed by atoms with van der Waals surface area (Å²) < 4.78 is 5.28. The Kier molecular flexibility index (Phi) is 7.18. The van der Waals surface area contributed by atoms with Crippen LogP contribution >= 0.6 is 0 Å². The molecule has 1 N–H and O–H groups in total. The van der Waals surface area contributed by atoms with Gasteiger partial charge in [0.1, 0.15) is 5.58 Å². The fourth-order valence-corrected chi connectivity index (χ4v) is 2.93. The molecule has 0 unspecified atom stereocenters. The molecule has 1 heterocycles. The Balaban J connectivity index is 1.72. The van der Waals surface area contributed by atoms with Gasteiger partial charge in [-0.15, -0.1) is 0 Å². The summed E-state index contributed by atoms with van der Waals surface area (Å²) in [5.41, 5.74) is 2.37. The average Bonchev–Trinajstić information content (AvgIpc) is 2.53. The molecule has 0 bridgehead atoms. The van der Waals surface area contributed by atoms with E-state index in [4.69, 9.17) is 4.42 Å². The molecular weight excluding hydrogens is 286 g/mol. The van der Waals surface area contributed by atoms with Gasteiger partial charge in [0, 0.05) is 29.8 Å². The third-order valence-corrected chi connectivity index (χ3v) is 4.31. The average molecular weight is 315 g/mol. The van der Waals surface area contributed by atoms with Crippen LogP contribution in [0.3, 0.4) is 0 Å². The van der Waals surface area contributed by atoms with Crippen LogP contribution in [0.15, 0.2) is 33.5 Å². The van der Waals surface area contributed by atoms with E-state index in [0.717, 1.165) is 23.2 Å². The SMILES string of the molecule is CCCCCCCCCCNc1ccc2c(C)cc(=O)oc2c1. The number of unbranched alkanes of at least 4 members (excludes halogenated alkanes) is 7. The van der Waals surface area contributed by atoms with Gasteiger partial charge in [0.15, 0.2) is 0 Å². The van der Waals surface area contributed by atoms with E-state index in [9.17, 15) is 4.79 Å². The maximum Gasteiger partial charge on any atom is 0.336 e. The van der Waals surface area contributed by atoms with Gasteiger partial charge >= 0.3 is 5.63 Å². The van der Waals surface area contributed by atoms with Crippen LogP contribution in [0.4, 0.5) is 5.69 Å². The molecule has 1 aromatic carbocycles. The van der Waals surface area contributed by atoms with Crippen LogP contribution in [-0.4, -0.2) is 6.54 Å². The molecule has 0 amide bonds. The molecule has 23 heavy (non-hydrogen) atoms. The highest BCUT2D eigenvalue weighted by Crippen LogP contribution is 2.20. The van der Waals surface area contributed by atoms with Gasteiger partial charge in [-0.25, -0.2) is 4.79 Å². The van der Waals surface area contributed by atoms with Crippen molar-refractivity contribution in [1.82, 2.24) is 0 Å². The van der Waals surface area contributed by atoms with Crippen molar-refractivity contribution in [2.75, 3.05) is 11.9 Å². The van der Waals surface area contributed by atoms with E-state index in [-0.39, 0.29) is 5.63 Å². The highest BCUT2D eigenvalue weighted by Gasteiger charge is 2.03. The molecule has 0 aliphatic carbocycles. The quantitative estimate of drug-likeness (QED) is 0.455. The fraction of sp³-hybridized carbons (Fsp3) is 0.550. The third-order valence-electron chi connectivity index (χ3n) is 4.31. The normalized spacial score (nSPS) is 11.0. The van der Waals surface area contributed by atoms with Crippen LogP contribution in [0.25, 0.3) is 11.0 Å². The van der Waals surface area contributed by atoms with E-state index in [1.54, 1.807) is 0 Å². The van der Waals surface area contributed by atoms with E-state index in [1.165, 1.54) is 57.4 Å². The van der Waals surface area contributed by atoms with Crippen molar-refractivity contribution in [3.8, 4) is 0 Å². The predicted molar refractivity (Wildman–Crippen MR) is 98.3 cm³/mol. The molecule has 0 aliphatic heterocycles. The number of fused-ring (bicyclic) bond motifs is 1. The number of hydrogen-bond donors (Lipinski definition) is 1. The van der Waals surface area contributed by atoms with E-state index in [2.05, 4.69) is 18.3 Å². The predicted octanol–water partition coefficient (Wildman–Crippen LogP) is 5.65. The summed E-state index contributed by atoms with van der Waals surface area (Å²) in [6, 6.07) is 7.54. The number of rotatable bonds is 10. The summed E-state index contributed by atoms with van der Waals surface area (Å²) in [6.45, 7) is 5.16. The number of anilines is 1. The lowest BCUT2D eigenvalue weighted by Crippen LogP contribution is -2.02. The van der Waals surface area contributed by atoms with Crippen LogP contribution in [0, 0.1) is 6.92 Å². The monoisotopic (exact) mass is 315 g/mol. The molecule has 3 nitrogen and oxygen atoms in total. The summed E-state index contributed by atoms with van der Waals surface area (Å²) in [5, 5.41) is 4.43. The summed E-state index contributed by atoms with van der Waals surface area (Å²) in [4.78, 5) is 11.5. The number of aryl methyl sites for hydroxylation is 1. The summed E-state index contributed by atoms with van der Waals surface area (Å²) in [5.74, 6) is 0. The molecule has 2 rings (SSSR count). The Morgan fingerprint density at radius 1 is 0.957 bits per heavy atom. The summed E-state index contributed by atoms with van der Waals surface area (Å²) in [6.07, 6.45) is 10.6. The second-order valence-corrected chi connectivity index (χ2v) is 6.36. The molecule has 0 radical (unpaired) electrons. The number of nitrogens with one attached hydrogen (secondary N) is 1. The first-order valence-electron chi connectivity index (χ1n) is 8.99. The van der Waals surface area contributed by atoms with Gasteiger partial charge in [0.25, 0.3) is 0 Å². The Labute approximate surface area is 139 Å². The zero-order chi connectivity index (χ0) is 16.5. The second kappa shape index (κ2) is 9.39. The first kappa shape index (κ1) is 17.6. The van der Waals surface area contributed by atoms with Gasteiger partial charge in [-0.1, -0.05) is 51.9 Å². The first-order chi connectivity index (χ1) is 11.2. The molecular formula is C20H29NO2. The lowest BCUT2D eigenvalue weighted by Gasteiger charge is -2.08. The van der Waals surface area contributed by atoms with Gasteiger partial charge in [-0.05, 0) is 31.0 Å². The lowest BCUT2D eigenvalue weighted by molar-refractivity contribution is 0.560. The van der Waals surface area contributed by atoms with Crippen molar-refractivity contribution >= 4 is 16.7 Å². The highest BCUT2D eigenvalue weighted by molar-refractivity contribution is 5.83. The lowest BCUT2D eigenvalue weighted by atomic mass is 10.1. The van der Waals surface area contributed by atoms with Crippen molar-refractivity contribution in [3.63, 3.8) is 0 Å². The third kappa shape index (κ3) is 5.74. The Morgan fingerprint density at radius 2 is 1.65 bits per heavy atom. The molecule has 1 aromatic heterocycles. The van der Waals surface area contributed by atoms with Gasteiger partial charge in [-0.3, -0.25) is 0 Å². The minimum Gasteiger partial charge on any atom is -0.423 e. The molecule has 2 aromatic rings. The summed E-state index contributed by atoms with van der Waals surface area (Å²) >= 11 is 0. The highest BCUT2D eigenvalue weighted by atomic mass is 16.4. The van der Waals surface area contributed by atoms with Gasteiger partial charge in [0.05, 0.1) is 0 Å². The van der Waals surface area contributed by atoms with Crippen LogP contribution < -0.4 is 10.9 Å². The van der Waals surface area contributed by atoms with E-state index < -0.39 is 0 Å². The Morgan fingerprint density at radius 3 is 2.39 bits per heavy atom. The molecule has 0 saturated carbocycles. The van der Waals surface area contributed by atoms with E-state index >= 15 is 0 Å². The molecule has 0 aliphatic rings. The number of hydrogen-bond acceptors (Lipinski definition) is 3. The maximum atomic E-state index is 11.5. The minimum absolute atomic E-state index is 0.282. The van der Waals surface area contributed by atoms with Crippen LogP contribution in [0.5, 0.6) is 0 Å². The Hall–Kier alpha value is -1.77. The summed E-state index contributed by atoms with van der Waals surface area (Å²) in [7, 11) is 0. The first-order valence-corrected chi connectivity index (χ1v) is 8.99. The van der Waals surface area contributed by atoms with Crippen LogP contribution in [0.1, 0.15) is 63.9 Å². The molecule has 0 saturated heterocycles. The van der Waals surface area contributed by atoms with Crippen molar-refractivity contribution in [2.45, 2.75) is 65.2 Å². The van der Waals surface area contributed by atoms with Crippen molar-refractivity contribution < 1.29 is 4.42 Å². The number of benzene rings is 1. The van der Waals surface area contributed by atoms with Crippen molar-refractivity contribution in [3.05, 3.63) is 40.2 Å². The molecule has 0 spiro atoms. The van der Waals surface area contributed by atoms with E-state index in [0.29, 0.717) is 5.58 Å². The van der Waals surface area contributed by atoms with E-state index in [1.807, 2.05) is 19.1 Å². The van der Waals surface area contributed by atoms with Crippen molar-refractivity contribution in [2.24, 2.45) is 0 Å². The maximum absolute atomic E-state index is 11.5. The smallest absolute Gasteiger partial charge is 0.336 e. The van der Waals surface area contributed by atoms with Gasteiger partial charge in [0.2, 0.25) is 0 Å².